The summed E-state index contributed by atoms with van der Waals surface area (Å²) in [6.07, 6.45) is 1.26. The van der Waals surface area contributed by atoms with E-state index in [0.717, 1.165) is 18.2 Å². The minimum atomic E-state index is -4.00. The van der Waals surface area contributed by atoms with E-state index in [9.17, 15) is 21.6 Å². The Bertz CT molecular complexity index is 999. The number of nitrogens with one attached hydrogen (secondary N) is 3. The van der Waals surface area contributed by atoms with E-state index in [-0.39, 0.29) is 30.5 Å². The highest BCUT2D eigenvalue weighted by atomic mass is 79.9. The normalized spacial score (nSPS) is 16.0. The van der Waals surface area contributed by atoms with E-state index in [0.29, 0.717) is 17.3 Å². The average molecular weight is 493 g/mol. The second-order valence-electron chi connectivity index (χ2n) is 6.60. The zero-order valence-electron chi connectivity index (χ0n) is 15.5. The molecule has 0 saturated carbocycles. The fourth-order valence-electron chi connectivity index (χ4n) is 3.07. The van der Waals surface area contributed by atoms with Crippen molar-refractivity contribution in [3.05, 3.63) is 52.3 Å². The number of benzene rings is 2. The third-order valence-corrected chi connectivity index (χ3v) is 6.74. The summed E-state index contributed by atoms with van der Waals surface area (Å²) in [5.41, 5.74) is -0.852. The summed E-state index contributed by atoms with van der Waals surface area (Å²) in [5.74, 6) is -3.23. The van der Waals surface area contributed by atoms with Crippen molar-refractivity contribution in [1.29, 1.82) is 0 Å². The Kier molecular flexibility index (Phi) is 6.72. The molecule has 1 aliphatic heterocycles. The molecule has 0 unspecified atom stereocenters. The summed E-state index contributed by atoms with van der Waals surface area (Å²) in [6.45, 7) is 0.573. The standard InChI is InChI=1S/C18H20BrF3N4O2S/c1-23-12-6-8-26(9-7-12)29(27,28)25-16-5-3-13(20)17(22)18(16)24-15-4-2-11(19)10-14(15)21/h2-5,10,12,23-25H,6-9H2,1H3. The van der Waals surface area contributed by atoms with Crippen molar-refractivity contribution < 1.29 is 21.6 Å². The molecule has 1 aliphatic rings. The van der Waals surface area contributed by atoms with Crippen LogP contribution in [0.15, 0.2) is 34.8 Å². The zero-order valence-corrected chi connectivity index (χ0v) is 17.9. The minimum absolute atomic E-state index is 0.131. The monoisotopic (exact) mass is 492 g/mol. The van der Waals surface area contributed by atoms with Crippen LogP contribution < -0.4 is 15.4 Å². The van der Waals surface area contributed by atoms with Gasteiger partial charge in [0, 0.05) is 23.6 Å². The Morgan fingerprint density at radius 2 is 1.69 bits per heavy atom. The van der Waals surface area contributed by atoms with Crippen LogP contribution in [-0.4, -0.2) is 38.9 Å². The Hall–Kier alpha value is -1.82. The maximum absolute atomic E-state index is 14.4. The van der Waals surface area contributed by atoms with E-state index >= 15 is 0 Å². The van der Waals surface area contributed by atoms with Crippen LogP contribution in [0.3, 0.4) is 0 Å². The molecule has 3 rings (SSSR count). The van der Waals surface area contributed by atoms with Gasteiger partial charge in [0.15, 0.2) is 11.6 Å². The van der Waals surface area contributed by atoms with Crippen LogP contribution in [0.25, 0.3) is 0 Å². The quantitative estimate of drug-likeness (QED) is 0.570. The molecule has 1 fully saturated rings. The van der Waals surface area contributed by atoms with Gasteiger partial charge in [-0.3, -0.25) is 4.72 Å². The smallest absolute Gasteiger partial charge is 0.301 e. The number of rotatable bonds is 6. The summed E-state index contributed by atoms with van der Waals surface area (Å²) in [7, 11) is -2.19. The largest absolute Gasteiger partial charge is 0.349 e. The molecule has 0 bridgehead atoms. The fourth-order valence-corrected chi connectivity index (χ4v) is 4.67. The Balaban J connectivity index is 1.88. The number of nitrogens with zero attached hydrogens (tertiary/aromatic N) is 1. The molecular weight excluding hydrogens is 473 g/mol. The molecule has 0 aliphatic carbocycles. The van der Waals surface area contributed by atoms with Crippen LogP contribution >= 0.6 is 15.9 Å². The zero-order chi connectivity index (χ0) is 21.2. The topological polar surface area (TPSA) is 73.5 Å². The first-order chi connectivity index (χ1) is 13.7. The molecule has 2 aromatic carbocycles. The summed E-state index contributed by atoms with van der Waals surface area (Å²) < 4.78 is 71.8. The van der Waals surface area contributed by atoms with Crippen molar-refractivity contribution in [3.8, 4) is 0 Å². The first-order valence-corrected chi connectivity index (χ1v) is 11.1. The Morgan fingerprint density at radius 3 is 2.31 bits per heavy atom. The van der Waals surface area contributed by atoms with E-state index in [2.05, 4.69) is 31.3 Å². The molecule has 1 saturated heterocycles. The highest BCUT2D eigenvalue weighted by Gasteiger charge is 2.29. The molecule has 0 radical (unpaired) electrons. The maximum Gasteiger partial charge on any atom is 0.301 e. The maximum atomic E-state index is 14.4. The molecule has 3 N–H and O–H groups in total. The molecule has 2 aromatic rings. The molecule has 0 amide bonds. The van der Waals surface area contributed by atoms with Crippen LogP contribution in [0.5, 0.6) is 0 Å². The van der Waals surface area contributed by atoms with Crippen LogP contribution in [0.2, 0.25) is 0 Å². The van der Waals surface area contributed by atoms with Gasteiger partial charge in [0.2, 0.25) is 0 Å². The molecular formula is C18H20BrF3N4O2S. The molecule has 11 heteroatoms. The number of anilines is 3. The highest BCUT2D eigenvalue weighted by Crippen LogP contribution is 2.33. The lowest BCUT2D eigenvalue weighted by Crippen LogP contribution is -2.45. The first kappa shape index (κ1) is 21.9. The van der Waals surface area contributed by atoms with Crippen LogP contribution in [-0.2, 0) is 10.2 Å². The van der Waals surface area contributed by atoms with Crippen LogP contribution in [0.4, 0.5) is 30.2 Å². The van der Waals surface area contributed by atoms with Gasteiger partial charge in [0.25, 0.3) is 0 Å². The predicted molar refractivity (Wildman–Crippen MR) is 110 cm³/mol. The van der Waals surface area contributed by atoms with E-state index in [1.807, 2.05) is 7.05 Å². The fraction of sp³-hybridized carbons (Fsp3) is 0.333. The van der Waals surface area contributed by atoms with Crippen molar-refractivity contribution >= 4 is 43.2 Å². The molecule has 0 aromatic heterocycles. The molecule has 158 valence electrons. The van der Waals surface area contributed by atoms with Crippen molar-refractivity contribution in [2.24, 2.45) is 0 Å². The minimum Gasteiger partial charge on any atom is -0.349 e. The molecule has 29 heavy (non-hydrogen) atoms. The summed E-state index contributed by atoms with van der Waals surface area (Å²) in [5, 5.41) is 5.56. The number of hydrogen-bond donors (Lipinski definition) is 3. The van der Waals surface area contributed by atoms with Gasteiger partial charge in [0.05, 0.1) is 11.4 Å². The van der Waals surface area contributed by atoms with Gasteiger partial charge in [0.1, 0.15) is 11.5 Å². The number of hydrogen-bond acceptors (Lipinski definition) is 4. The van der Waals surface area contributed by atoms with Gasteiger partial charge in [-0.2, -0.15) is 12.7 Å². The third kappa shape index (κ3) is 5.03. The van der Waals surface area contributed by atoms with Crippen molar-refractivity contribution in [2.75, 3.05) is 30.2 Å². The van der Waals surface area contributed by atoms with Crippen molar-refractivity contribution in [2.45, 2.75) is 18.9 Å². The van der Waals surface area contributed by atoms with Gasteiger partial charge < -0.3 is 10.6 Å². The van der Waals surface area contributed by atoms with E-state index in [1.54, 1.807) is 0 Å². The van der Waals surface area contributed by atoms with Crippen molar-refractivity contribution in [1.82, 2.24) is 9.62 Å². The van der Waals surface area contributed by atoms with E-state index < -0.39 is 33.3 Å². The lowest BCUT2D eigenvalue weighted by Gasteiger charge is -2.31. The summed E-state index contributed by atoms with van der Waals surface area (Å²) >= 11 is 3.11. The molecule has 6 nitrogen and oxygen atoms in total. The molecule has 0 atom stereocenters. The second kappa shape index (κ2) is 8.90. The number of halogens is 4. The van der Waals surface area contributed by atoms with Crippen LogP contribution in [0, 0.1) is 17.5 Å². The first-order valence-electron chi connectivity index (χ1n) is 8.86. The SMILES string of the molecule is CNC1CCN(S(=O)(=O)Nc2ccc(F)c(F)c2Nc2ccc(Br)cc2F)CC1. The highest BCUT2D eigenvalue weighted by molar-refractivity contribution is 9.10. The predicted octanol–water partition coefficient (Wildman–Crippen LogP) is 3.95. The number of piperidine rings is 1. The van der Waals surface area contributed by atoms with Gasteiger partial charge >= 0.3 is 10.2 Å². The lowest BCUT2D eigenvalue weighted by molar-refractivity contribution is 0.300. The van der Waals surface area contributed by atoms with E-state index in [1.165, 1.54) is 16.4 Å². The summed E-state index contributed by atoms with van der Waals surface area (Å²) in [4.78, 5) is 0. The Morgan fingerprint density at radius 1 is 1.03 bits per heavy atom. The summed E-state index contributed by atoms with van der Waals surface area (Å²) in [6, 6.07) is 6.11. The van der Waals surface area contributed by atoms with Gasteiger partial charge in [-0.15, -0.1) is 0 Å². The molecule has 1 heterocycles. The van der Waals surface area contributed by atoms with Gasteiger partial charge in [-0.1, -0.05) is 15.9 Å². The Labute approximate surface area is 175 Å². The van der Waals surface area contributed by atoms with Gasteiger partial charge in [-0.25, -0.2) is 13.2 Å². The van der Waals surface area contributed by atoms with E-state index in [4.69, 9.17) is 0 Å². The van der Waals surface area contributed by atoms with Crippen molar-refractivity contribution in [3.63, 3.8) is 0 Å². The van der Waals surface area contributed by atoms with Gasteiger partial charge in [-0.05, 0) is 50.2 Å². The molecule has 0 spiro atoms. The third-order valence-electron chi connectivity index (χ3n) is 4.73. The average Bonchev–Trinajstić information content (AvgIpc) is 2.69. The lowest BCUT2D eigenvalue weighted by atomic mass is 10.1. The second-order valence-corrected chi connectivity index (χ2v) is 9.19. The van der Waals surface area contributed by atoms with Crippen LogP contribution in [0.1, 0.15) is 12.8 Å².